The molecular formula is C14H17BrN2OS. The third kappa shape index (κ3) is 4.37. The predicted molar refractivity (Wildman–Crippen MR) is 81.5 cm³/mol. The van der Waals surface area contributed by atoms with Gasteiger partial charge in [-0.05, 0) is 36.4 Å². The van der Waals surface area contributed by atoms with E-state index in [0.717, 1.165) is 21.6 Å². The lowest BCUT2D eigenvalue weighted by atomic mass is 10.2. The summed E-state index contributed by atoms with van der Waals surface area (Å²) < 4.78 is 6.45. The van der Waals surface area contributed by atoms with E-state index < -0.39 is 0 Å². The standard InChI is InChI=1S/C14H17BrN2OS/c1-9(2)16-7-11-4-5-12(6-13(11)15)19-14-17-10(3)8-18-14/h4-6,8-9,16H,7H2,1-3H3. The van der Waals surface area contributed by atoms with E-state index in [2.05, 4.69) is 58.3 Å². The van der Waals surface area contributed by atoms with Gasteiger partial charge in [0.25, 0.3) is 5.22 Å². The average molecular weight is 341 g/mol. The van der Waals surface area contributed by atoms with Crippen LogP contribution in [-0.2, 0) is 6.54 Å². The minimum atomic E-state index is 0.483. The van der Waals surface area contributed by atoms with Gasteiger partial charge in [0.05, 0.1) is 5.69 Å². The van der Waals surface area contributed by atoms with E-state index in [1.165, 1.54) is 17.3 Å². The van der Waals surface area contributed by atoms with Gasteiger partial charge in [-0.3, -0.25) is 0 Å². The van der Waals surface area contributed by atoms with E-state index in [9.17, 15) is 0 Å². The second-order valence-corrected chi connectivity index (χ2v) is 6.52. The van der Waals surface area contributed by atoms with E-state index in [1.807, 2.05) is 6.92 Å². The number of nitrogens with zero attached hydrogens (tertiary/aromatic N) is 1. The van der Waals surface area contributed by atoms with Gasteiger partial charge >= 0.3 is 0 Å². The summed E-state index contributed by atoms with van der Waals surface area (Å²) in [5, 5.41) is 4.09. The molecule has 0 bridgehead atoms. The molecule has 1 aromatic heterocycles. The summed E-state index contributed by atoms with van der Waals surface area (Å²) >= 11 is 5.14. The molecule has 0 aliphatic carbocycles. The Balaban J connectivity index is 2.06. The highest BCUT2D eigenvalue weighted by Gasteiger charge is 2.07. The minimum absolute atomic E-state index is 0.483. The fourth-order valence-corrected chi connectivity index (χ4v) is 3.00. The third-order valence-electron chi connectivity index (χ3n) is 2.53. The summed E-state index contributed by atoms with van der Waals surface area (Å²) in [5.41, 5.74) is 2.15. The monoisotopic (exact) mass is 340 g/mol. The molecule has 0 unspecified atom stereocenters. The molecule has 3 nitrogen and oxygen atoms in total. The summed E-state index contributed by atoms with van der Waals surface area (Å²) in [6.07, 6.45) is 1.66. The highest BCUT2D eigenvalue weighted by molar-refractivity contribution is 9.10. The quantitative estimate of drug-likeness (QED) is 0.875. The van der Waals surface area contributed by atoms with Gasteiger partial charge in [-0.1, -0.05) is 35.8 Å². The molecule has 2 rings (SSSR count). The molecule has 1 aromatic carbocycles. The van der Waals surface area contributed by atoms with Crippen LogP contribution < -0.4 is 5.32 Å². The molecule has 0 saturated heterocycles. The summed E-state index contributed by atoms with van der Waals surface area (Å²) in [6.45, 7) is 7.07. The van der Waals surface area contributed by atoms with Crippen LogP contribution in [-0.4, -0.2) is 11.0 Å². The largest absolute Gasteiger partial charge is 0.439 e. The van der Waals surface area contributed by atoms with E-state index in [1.54, 1.807) is 6.26 Å². The van der Waals surface area contributed by atoms with Crippen molar-refractivity contribution in [2.75, 3.05) is 0 Å². The van der Waals surface area contributed by atoms with Crippen LogP contribution in [0, 0.1) is 6.92 Å². The predicted octanol–water partition coefficient (Wildman–Crippen LogP) is 4.39. The van der Waals surface area contributed by atoms with Gasteiger partial charge < -0.3 is 9.73 Å². The van der Waals surface area contributed by atoms with Crippen LogP contribution in [0.15, 0.2) is 43.5 Å². The zero-order chi connectivity index (χ0) is 13.8. The number of hydrogen-bond acceptors (Lipinski definition) is 4. The molecular weight excluding hydrogens is 324 g/mol. The molecule has 1 N–H and O–H groups in total. The molecule has 0 aliphatic rings. The number of oxazole rings is 1. The highest BCUT2D eigenvalue weighted by atomic mass is 79.9. The van der Waals surface area contributed by atoms with Crippen LogP contribution in [0.3, 0.4) is 0 Å². The topological polar surface area (TPSA) is 38.1 Å². The molecule has 0 amide bonds. The van der Waals surface area contributed by atoms with Gasteiger partial charge in [-0.25, -0.2) is 4.98 Å². The van der Waals surface area contributed by atoms with Gasteiger partial charge in [-0.15, -0.1) is 0 Å². The Morgan fingerprint density at radius 2 is 2.21 bits per heavy atom. The van der Waals surface area contributed by atoms with E-state index >= 15 is 0 Å². The van der Waals surface area contributed by atoms with Crippen LogP contribution in [0.1, 0.15) is 25.1 Å². The lowest BCUT2D eigenvalue weighted by molar-refractivity contribution is 0.454. The fourth-order valence-electron chi connectivity index (χ4n) is 1.53. The van der Waals surface area contributed by atoms with Gasteiger partial charge in [-0.2, -0.15) is 0 Å². The van der Waals surface area contributed by atoms with Crippen molar-refractivity contribution >= 4 is 27.7 Å². The first-order chi connectivity index (χ1) is 9.04. The molecule has 0 saturated carbocycles. The van der Waals surface area contributed by atoms with Crippen LogP contribution >= 0.6 is 27.7 Å². The van der Waals surface area contributed by atoms with Crippen LogP contribution in [0.25, 0.3) is 0 Å². The van der Waals surface area contributed by atoms with Crippen molar-refractivity contribution in [3.63, 3.8) is 0 Å². The van der Waals surface area contributed by atoms with E-state index in [4.69, 9.17) is 4.42 Å². The molecule has 0 aliphatic heterocycles. The Labute approximate surface area is 126 Å². The van der Waals surface area contributed by atoms with E-state index in [-0.39, 0.29) is 0 Å². The maximum Gasteiger partial charge on any atom is 0.260 e. The van der Waals surface area contributed by atoms with Crippen molar-refractivity contribution in [2.24, 2.45) is 0 Å². The Morgan fingerprint density at radius 3 is 2.79 bits per heavy atom. The van der Waals surface area contributed by atoms with Gasteiger partial charge in [0.15, 0.2) is 0 Å². The van der Waals surface area contributed by atoms with E-state index in [0.29, 0.717) is 11.3 Å². The van der Waals surface area contributed by atoms with Gasteiger partial charge in [0.1, 0.15) is 6.26 Å². The number of hydrogen-bond donors (Lipinski definition) is 1. The lowest BCUT2D eigenvalue weighted by Crippen LogP contribution is -2.21. The maximum atomic E-state index is 5.34. The first kappa shape index (κ1) is 14.6. The van der Waals surface area contributed by atoms with Crippen molar-refractivity contribution in [3.05, 3.63) is 40.2 Å². The molecule has 0 radical (unpaired) electrons. The van der Waals surface area contributed by atoms with Gasteiger partial charge in [0, 0.05) is 22.0 Å². The van der Waals surface area contributed by atoms with Crippen molar-refractivity contribution in [3.8, 4) is 0 Å². The number of rotatable bonds is 5. The van der Waals surface area contributed by atoms with Crippen molar-refractivity contribution in [2.45, 2.75) is 43.5 Å². The fraction of sp³-hybridized carbons (Fsp3) is 0.357. The number of benzene rings is 1. The summed E-state index contributed by atoms with van der Waals surface area (Å²) in [5.74, 6) is 0. The molecule has 0 spiro atoms. The van der Waals surface area contributed by atoms with Gasteiger partial charge in [0.2, 0.25) is 0 Å². The Kier molecular flexibility index (Phi) is 5.07. The number of aromatic nitrogens is 1. The van der Waals surface area contributed by atoms with Crippen molar-refractivity contribution in [1.82, 2.24) is 10.3 Å². The van der Waals surface area contributed by atoms with Crippen molar-refractivity contribution < 1.29 is 4.42 Å². The first-order valence-electron chi connectivity index (χ1n) is 6.16. The molecule has 5 heteroatoms. The lowest BCUT2D eigenvalue weighted by Gasteiger charge is -2.10. The Hall–Kier alpha value is -0.780. The number of aryl methyl sites for hydroxylation is 1. The highest BCUT2D eigenvalue weighted by Crippen LogP contribution is 2.30. The maximum absolute atomic E-state index is 5.34. The summed E-state index contributed by atoms with van der Waals surface area (Å²) in [6, 6.07) is 6.79. The zero-order valence-corrected chi connectivity index (χ0v) is 13.6. The zero-order valence-electron chi connectivity index (χ0n) is 11.2. The summed E-state index contributed by atoms with van der Waals surface area (Å²) in [7, 11) is 0. The SMILES string of the molecule is Cc1coc(Sc2ccc(CNC(C)C)c(Br)c2)n1. The minimum Gasteiger partial charge on any atom is -0.439 e. The smallest absolute Gasteiger partial charge is 0.260 e. The Morgan fingerprint density at radius 1 is 1.42 bits per heavy atom. The molecule has 0 fully saturated rings. The molecule has 19 heavy (non-hydrogen) atoms. The average Bonchev–Trinajstić information content (AvgIpc) is 2.73. The van der Waals surface area contributed by atoms with Crippen LogP contribution in [0.2, 0.25) is 0 Å². The Bertz CT molecular complexity index is 554. The van der Waals surface area contributed by atoms with Crippen LogP contribution in [0.5, 0.6) is 0 Å². The second-order valence-electron chi connectivity index (χ2n) is 4.65. The normalized spacial score (nSPS) is 11.2. The molecule has 102 valence electrons. The molecule has 0 atom stereocenters. The first-order valence-corrected chi connectivity index (χ1v) is 7.77. The third-order valence-corrected chi connectivity index (χ3v) is 4.12. The van der Waals surface area contributed by atoms with Crippen LogP contribution in [0.4, 0.5) is 0 Å². The number of nitrogens with one attached hydrogen (secondary N) is 1. The molecule has 1 heterocycles. The molecule has 2 aromatic rings. The summed E-state index contributed by atoms with van der Waals surface area (Å²) in [4.78, 5) is 5.40. The number of halogens is 1. The van der Waals surface area contributed by atoms with Crippen molar-refractivity contribution in [1.29, 1.82) is 0 Å². The second kappa shape index (κ2) is 6.59.